The van der Waals surface area contributed by atoms with Gasteiger partial charge in [-0.3, -0.25) is 4.79 Å². The van der Waals surface area contributed by atoms with Crippen molar-refractivity contribution >= 4 is 5.91 Å². The Morgan fingerprint density at radius 2 is 2.00 bits per heavy atom. The maximum Gasteiger partial charge on any atom is 0.231 e. The molecule has 27 heavy (non-hydrogen) atoms. The highest BCUT2D eigenvalue weighted by Gasteiger charge is 2.53. The molecule has 2 fully saturated rings. The lowest BCUT2D eigenvalue weighted by molar-refractivity contribution is -0.127. The number of carbonyl (C=O) groups excluding carboxylic acids is 1. The summed E-state index contributed by atoms with van der Waals surface area (Å²) < 4.78 is 18.7. The Balaban J connectivity index is 1.52. The SMILES string of the molecule is CC(C)CCNC(=O)[C@H]1[C@H]2CC[C@H](C2)[C@@H]1c1nc(-c2ccc(F)cc2)no1. The third-order valence-electron chi connectivity index (χ3n) is 6.07. The Labute approximate surface area is 158 Å². The van der Waals surface area contributed by atoms with Crippen LogP contribution in [0, 0.1) is 29.5 Å². The van der Waals surface area contributed by atoms with E-state index in [1.165, 1.54) is 12.1 Å². The van der Waals surface area contributed by atoms with Crippen LogP contribution in [0.2, 0.25) is 0 Å². The van der Waals surface area contributed by atoms with Crippen LogP contribution in [0.3, 0.4) is 0 Å². The molecule has 1 heterocycles. The smallest absolute Gasteiger partial charge is 0.231 e. The van der Waals surface area contributed by atoms with Crippen molar-refractivity contribution in [3.05, 3.63) is 36.0 Å². The monoisotopic (exact) mass is 371 g/mol. The summed E-state index contributed by atoms with van der Waals surface area (Å²) in [5.74, 6) is 2.12. The van der Waals surface area contributed by atoms with Crippen molar-refractivity contribution in [3.63, 3.8) is 0 Å². The largest absolute Gasteiger partial charge is 0.356 e. The fourth-order valence-electron chi connectivity index (χ4n) is 4.71. The zero-order valence-corrected chi connectivity index (χ0v) is 15.8. The Hall–Kier alpha value is -2.24. The van der Waals surface area contributed by atoms with Gasteiger partial charge in [0.15, 0.2) is 0 Å². The molecule has 4 atom stereocenters. The first kappa shape index (κ1) is 18.1. The number of amides is 1. The van der Waals surface area contributed by atoms with Gasteiger partial charge in [-0.2, -0.15) is 4.98 Å². The van der Waals surface area contributed by atoms with Gasteiger partial charge in [0.2, 0.25) is 17.6 Å². The summed E-state index contributed by atoms with van der Waals surface area (Å²) in [6.07, 6.45) is 4.25. The number of hydrogen-bond donors (Lipinski definition) is 1. The van der Waals surface area contributed by atoms with E-state index in [-0.39, 0.29) is 23.6 Å². The fourth-order valence-corrected chi connectivity index (χ4v) is 4.71. The standard InChI is InChI=1S/C21H26FN3O2/c1-12(2)9-10-23-20(26)17-14-3-4-15(11-14)18(17)21-24-19(25-27-21)13-5-7-16(22)8-6-13/h5-8,12,14-15,17-18H,3-4,9-11H2,1-2H3,(H,23,26)/t14-,15+,17-,18-/m0/s1. The normalized spacial score (nSPS) is 26.7. The molecule has 2 aliphatic carbocycles. The van der Waals surface area contributed by atoms with Crippen LogP contribution < -0.4 is 5.32 Å². The van der Waals surface area contributed by atoms with E-state index < -0.39 is 0 Å². The number of aromatic nitrogens is 2. The van der Waals surface area contributed by atoms with Crippen molar-refractivity contribution < 1.29 is 13.7 Å². The topological polar surface area (TPSA) is 68.0 Å². The number of halogens is 1. The Morgan fingerprint density at radius 1 is 1.26 bits per heavy atom. The first-order valence-electron chi connectivity index (χ1n) is 9.90. The number of hydrogen-bond acceptors (Lipinski definition) is 4. The minimum absolute atomic E-state index is 0.00972. The van der Waals surface area contributed by atoms with Gasteiger partial charge in [-0.05, 0) is 67.7 Å². The number of carbonyl (C=O) groups is 1. The van der Waals surface area contributed by atoms with Gasteiger partial charge >= 0.3 is 0 Å². The van der Waals surface area contributed by atoms with Crippen molar-refractivity contribution in [2.75, 3.05) is 6.54 Å². The molecule has 1 amide bonds. The summed E-state index contributed by atoms with van der Waals surface area (Å²) in [7, 11) is 0. The third kappa shape index (κ3) is 3.62. The molecule has 2 bridgehead atoms. The molecular formula is C21H26FN3O2. The summed E-state index contributed by atoms with van der Waals surface area (Å²) in [4.78, 5) is 17.4. The van der Waals surface area contributed by atoms with Gasteiger partial charge in [0.25, 0.3) is 0 Å². The first-order valence-corrected chi connectivity index (χ1v) is 9.90. The Morgan fingerprint density at radius 3 is 2.74 bits per heavy atom. The number of fused-ring (bicyclic) bond motifs is 2. The van der Waals surface area contributed by atoms with Crippen molar-refractivity contribution in [2.45, 2.75) is 45.4 Å². The van der Waals surface area contributed by atoms with Crippen LogP contribution >= 0.6 is 0 Å². The Bertz CT molecular complexity index is 802. The molecule has 1 aromatic heterocycles. The molecule has 0 unspecified atom stereocenters. The zero-order valence-electron chi connectivity index (χ0n) is 15.8. The minimum Gasteiger partial charge on any atom is -0.356 e. The van der Waals surface area contributed by atoms with Gasteiger partial charge < -0.3 is 9.84 Å². The van der Waals surface area contributed by atoms with Gasteiger partial charge in [0.05, 0.1) is 11.8 Å². The van der Waals surface area contributed by atoms with Crippen LogP contribution in [0.1, 0.15) is 51.3 Å². The van der Waals surface area contributed by atoms with Crippen molar-refractivity contribution in [3.8, 4) is 11.4 Å². The summed E-state index contributed by atoms with van der Waals surface area (Å²) in [5, 5.41) is 7.20. The van der Waals surface area contributed by atoms with Crippen LogP contribution in [0.25, 0.3) is 11.4 Å². The van der Waals surface area contributed by atoms with Crippen LogP contribution in [0.4, 0.5) is 4.39 Å². The molecule has 144 valence electrons. The number of nitrogens with zero attached hydrogens (tertiary/aromatic N) is 2. The molecule has 2 saturated carbocycles. The number of rotatable bonds is 6. The second kappa shape index (κ2) is 7.41. The predicted molar refractivity (Wildman–Crippen MR) is 99.2 cm³/mol. The zero-order chi connectivity index (χ0) is 19.0. The van der Waals surface area contributed by atoms with Gasteiger partial charge in [-0.25, -0.2) is 4.39 Å². The van der Waals surface area contributed by atoms with E-state index in [0.717, 1.165) is 25.7 Å². The van der Waals surface area contributed by atoms with E-state index in [1.807, 2.05) is 0 Å². The molecule has 1 N–H and O–H groups in total. The summed E-state index contributed by atoms with van der Waals surface area (Å²) in [6.45, 7) is 5.02. The van der Waals surface area contributed by atoms with Crippen molar-refractivity contribution in [1.29, 1.82) is 0 Å². The maximum absolute atomic E-state index is 13.1. The van der Waals surface area contributed by atoms with E-state index in [9.17, 15) is 9.18 Å². The molecule has 6 heteroatoms. The van der Waals surface area contributed by atoms with Gasteiger partial charge in [0, 0.05) is 12.1 Å². The Kier molecular flexibility index (Phi) is 4.98. The average Bonchev–Trinajstić information content (AvgIpc) is 3.37. The fraction of sp³-hybridized carbons (Fsp3) is 0.571. The second-order valence-electron chi connectivity index (χ2n) is 8.32. The lowest BCUT2D eigenvalue weighted by Crippen LogP contribution is -2.38. The first-order chi connectivity index (χ1) is 13.0. The van der Waals surface area contributed by atoms with E-state index >= 15 is 0 Å². The van der Waals surface area contributed by atoms with Crippen LogP contribution in [-0.4, -0.2) is 22.6 Å². The van der Waals surface area contributed by atoms with Crippen molar-refractivity contribution in [2.24, 2.45) is 23.7 Å². The van der Waals surface area contributed by atoms with Crippen LogP contribution in [0.5, 0.6) is 0 Å². The quantitative estimate of drug-likeness (QED) is 0.828. The van der Waals surface area contributed by atoms with Crippen molar-refractivity contribution in [1.82, 2.24) is 15.5 Å². The van der Waals surface area contributed by atoms with E-state index in [4.69, 9.17) is 4.52 Å². The molecular weight excluding hydrogens is 345 g/mol. The van der Waals surface area contributed by atoms with Crippen LogP contribution in [0.15, 0.2) is 28.8 Å². The molecule has 0 aliphatic heterocycles. The summed E-state index contributed by atoms with van der Waals surface area (Å²) >= 11 is 0. The average molecular weight is 371 g/mol. The second-order valence-corrected chi connectivity index (χ2v) is 8.32. The van der Waals surface area contributed by atoms with E-state index in [1.54, 1.807) is 12.1 Å². The molecule has 0 spiro atoms. The third-order valence-corrected chi connectivity index (χ3v) is 6.07. The molecule has 2 aromatic rings. The highest BCUT2D eigenvalue weighted by Crippen LogP contribution is 2.56. The maximum atomic E-state index is 13.1. The summed E-state index contributed by atoms with van der Waals surface area (Å²) in [6, 6.07) is 6.05. The minimum atomic E-state index is -0.297. The van der Waals surface area contributed by atoms with Gasteiger partial charge in [-0.15, -0.1) is 0 Å². The molecule has 5 nitrogen and oxygen atoms in total. The van der Waals surface area contributed by atoms with Crippen LogP contribution in [-0.2, 0) is 4.79 Å². The van der Waals surface area contributed by atoms with E-state index in [2.05, 4.69) is 29.3 Å². The van der Waals surface area contributed by atoms with E-state index in [0.29, 0.717) is 41.6 Å². The molecule has 0 saturated heterocycles. The number of benzene rings is 1. The summed E-state index contributed by atoms with van der Waals surface area (Å²) in [5.41, 5.74) is 0.715. The molecule has 1 aromatic carbocycles. The molecule has 0 radical (unpaired) electrons. The predicted octanol–water partition coefficient (Wildman–Crippen LogP) is 4.17. The highest BCUT2D eigenvalue weighted by atomic mass is 19.1. The lowest BCUT2D eigenvalue weighted by atomic mass is 9.78. The molecule has 4 rings (SSSR count). The van der Waals surface area contributed by atoms with Gasteiger partial charge in [0.1, 0.15) is 5.82 Å². The lowest BCUT2D eigenvalue weighted by Gasteiger charge is -2.27. The molecule has 2 aliphatic rings. The van der Waals surface area contributed by atoms with Gasteiger partial charge in [-0.1, -0.05) is 19.0 Å². The number of nitrogens with one attached hydrogen (secondary N) is 1. The highest BCUT2D eigenvalue weighted by molar-refractivity contribution is 5.80.